The molecular formula is C13H18BrNO. The SMILES string of the molecule is CC1CC(CN)([C@@H](O)c2ccccc2Br)C1. The third kappa shape index (κ3) is 1.92. The van der Waals surface area contributed by atoms with Gasteiger partial charge in [-0.05, 0) is 30.4 Å². The number of rotatable bonds is 3. The quantitative estimate of drug-likeness (QED) is 0.896. The van der Waals surface area contributed by atoms with E-state index >= 15 is 0 Å². The predicted octanol–water partition coefficient (Wildman–Crippen LogP) is 2.86. The molecule has 1 saturated carbocycles. The summed E-state index contributed by atoms with van der Waals surface area (Å²) in [5, 5.41) is 10.5. The molecule has 1 fully saturated rings. The van der Waals surface area contributed by atoms with E-state index in [0.717, 1.165) is 22.9 Å². The van der Waals surface area contributed by atoms with Crippen molar-refractivity contribution in [1.29, 1.82) is 0 Å². The Morgan fingerprint density at radius 3 is 2.62 bits per heavy atom. The Labute approximate surface area is 105 Å². The van der Waals surface area contributed by atoms with E-state index in [9.17, 15) is 5.11 Å². The summed E-state index contributed by atoms with van der Waals surface area (Å²) in [4.78, 5) is 0. The zero-order valence-corrected chi connectivity index (χ0v) is 11.1. The standard InChI is InChI=1S/C13H18BrNO/c1-9-6-13(7-9,8-15)12(16)10-4-2-3-5-11(10)14/h2-5,9,12,16H,6-8,15H2,1H3/t9?,12-,13?/m0/s1. The number of halogens is 1. The van der Waals surface area contributed by atoms with Crippen LogP contribution in [-0.2, 0) is 0 Å². The monoisotopic (exact) mass is 283 g/mol. The van der Waals surface area contributed by atoms with E-state index in [0.29, 0.717) is 12.5 Å². The molecular weight excluding hydrogens is 266 g/mol. The fourth-order valence-electron chi connectivity index (χ4n) is 2.86. The highest BCUT2D eigenvalue weighted by atomic mass is 79.9. The maximum atomic E-state index is 10.5. The van der Waals surface area contributed by atoms with Crippen molar-refractivity contribution in [1.82, 2.24) is 0 Å². The van der Waals surface area contributed by atoms with Crippen LogP contribution in [0.3, 0.4) is 0 Å². The van der Waals surface area contributed by atoms with Crippen molar-refractivity contribution in [2.45, 2.75) is 25.9 Å². The van der Waals surface area contributed by atoms with Gasteiger partial charge in [-0.25, -0.2) is 0 Å². The molecule has 3 heteroatoms. The fourth-order valence-corrected chi connectivity index (χ4v) is 3.36. The second-order valence-electron chi connectivity index (χ2n) is 5.00. The van der Waals surface area contributed by atoms with Crippen LogP contribution in [0, 0.1) is 11.3 Å². The van der Waals surface area contributed by atoms with E-state index < -0.39 is 6.10 Å². The lowest BCUT2D eigenvalue weighted by Crippen LogP contribution is -2.46. The summed E-state index contributed by atoms with van der Waals surface area (Å²) in [6.07, 6.45) is 1.59. The number of nitrogens with two attached hydrogens (primary N) is 1. The van der Waals surface area contributed by atoms with Crippen LogP contribution >= 0.6 is 15.9 Å². The van der Waals surface area contributed by atoms with Crippen molar-refractivity contribution < 1.29 is 5.11 Å². The van der Waals surface area contributed by atoms with Crippen molar-refractivity contribution >= 4 is 15.9 Å². The molecule has 0 spiro atoms. The summed E-state index contributed by atoms with van der Waals surface area (Å²) in [5.74, 6) is 0.681. The van der Waals surface area contributed by atoms with Crippen LogP contribution in [0.15, 0.2) is 28.7 Å². The van der Waals surface area contributed by atoms with Gasteiger partial charge in [0.25, 0.3) is 0 Å². The minimum absolute atomic E-state index is 0.108. The van der Waals surface area contributed by atoms with E-state index in [1.165, 1.54) is 0 Å². The van der Waals surface area contributed by atoms with Crippen molar-refractivity contribution in [3.05, 3.63) is 34.3 Å². The van der Waals surface area contributed by atoms with E-state index in [1.807, 2.05) is 24.3 Å². The van der Waals surface area contributed by atoms with Gasteiger partial charge in [-0.1, -0.05) is 41.1 Å². The highest BCUT2D eigenvalue weighted by Gasteiger charge is 2.47. The van der Waals surface area contributed by atoms with Crippen LogP contribution in [0.5, 0.6) is 0 Å². The molecule has 16 heavy (non-hydrogen) atoms. The van der Waals surface area contributed by atoms with Gasteiger partial charge in [-0.15, -0.1) is 0 Å². The molecule has 0 aliphatic heterocycles. The highest BCUT2D eigenvalue weighted by molar-refractivity contribution is 9.10. The molecule has 1 aliphatic rings. The third-order valence-electron chi connectivity index (χ3n) is 3.70. The summed E-state index contributed by atoms with van der Waals surface area (Å²) in [6.45, 7) is 2.76. The van der Waals surface area contributed by atoms with Gasteiger partial charge in [0.1, 0.15) is 0 Å². The van der Waals surface area contributed by atoms with Gasteiger partial charge in [0.05, 0.1) is 6.10 Å². The van der Waals surface area contributed by atoms with Crippen LogP contribution in [0.2, 0.25) is 0 Å². The summed E-state index contributed by atoms with van der Waals surface area (Å²) in [5.41, 5.74) is 6.69. The molecule has 1 atom stereocenters. The first-order valence-corrected chi connectivity index (χ1v) is 6.51. The van der Waals surface area contributed by atoms with Crippen LogP contribution in [0.25, 0.3) is 0 Å². The Morgan fingerprint density at radius 1 is 1.50 bits per heavy atom. The zero-order chi connectivity index (χ0) is 11.8. The topological polar surface area (TPSA) is 46.2 Å². The van der Waals surface area contributed by atoms with Gasteiger partial charge >= 0.3 is 0 Å². The first kappa shape index (κ1) is 12.1. The Balaban J connectivity index is 2.25. The van der Waals surface area contributed by atoms with E-state index in [1.54, 1.807) is 0 Å². The molecule has 0 unspecified atom stereocenters. The van der Waals surface area contributed by atoms with E-state index in [4.69, 9.17) is 5.73 Å². The van der Waals surface area contributed by atoms with Gasteiger partial charge in [-0.3, -0.25) is 0 Å². The second kappa shape index (κ2) is 4.47. The summed E-state index contributed by atoms with van der Waals surface area (Å²) in [7, 11) is 0. The average molecular weight is 284 g/mol. The van der Waals surface area contributed by atoms with Crippen molar-refractivity contribution in [3.8, 4) is 0 Å². The largest absolute Gasteiger partial charge is 0.388 e. The summed E-state index contributed by atoms with van der Waals surface area (Å²) in [6, 6.07) is 7.84. The molecule has 0 saturated heterocycles. The van der Waals surface area contributed by atoms with Gasteiger partial charge in [-0.2, -0.15) is 0 Å². The van der Waals surface area contributed by atoms with Crippen molar-refractivity contribution in [2.75, 3.05) is 6.54 Å². The zero-order valence-electron chi connectivity index (χ0n) is 9.49. The summed E-state index contributed by atoms with van der Waals surface area (Å²) >= 11 is 3.49. The summed E-state index contributed by atoms with van der Waals surface area (Å²) < 4.78 is 0.967. The molecule has 0 heterocycles. The molecule has 88 valence electrons. The van der Waals surface area contributed by atoms with Crippen molar-refractivity contribution in [2.24, 2.45) is 17.1 Å². The maximum Gasteiger partial charge on any atom is 0.0869 e. The lowest BCUT2D eigenvalue weighted by molar-refractivity contribution is -0.0605. The van der Waals surface area contributed by atoms with Gasteiger partial charge in [0.2, 0.25) is 0 Å². The van der Waals surface area contributed by atoms with Gasteiger partial charge in [0, 0.05) is 16.4 Å². The average Bonchev–Trinajstić information content (AvgIpc) is 2.24. The maximum absolute atomic E-state index is 10.5. The minimum Gasteiger partial charge on any atom is -0.388 e. The van der Waals surface area contributed by atoms with E-state index in [2.05, 4.69) is 22.9 Å². The molecule has 2 nitrogen and oxygen atoms in total. The molecule has 3 N–H and O–H groups in total. The molecule has 0 bridgehead atoms. The van der Waals surface area contributed by atoms with E-state index in [-0.39, 0.29) is 5.41 Å². The number of aliphatic hydroxyl groups excluding tert-OH is 1. The first-order valence-electron chi connectivity index (χ1n) is 5.71. The normalized spacial score (nSPS) is 30.9. The van der Waals surface area contributed by atoms with Crippen LogP contribution in [0.4, 0.5) is 0 Å². The lowest BCUT2D eigenvalue weighted by atomic mass is 9.58. The first-order chi connectivity index (χ1) is 7.59. The molecule has 0 amide bonds. The van der Waals surface area contributed by atoms with Crippen molar-refractivity contribution in [3.63, 3.8) is 0 Å². The molecule has 0 radical (unpaired) electrons. The fraction of sp³-hybridized carbons (Fsp3) is 0.538. The minimum atomic E-state index is -0.454. The Hall–Kier alpha value is -0.380. The number of hydrogen-bond acceptors (Lipinski definition) is 2. The number of aliphatic hydroxyl groups is 1. The second-order valence-corrected chi connectivity index (χ2v) is 5.86. The molecule has 0 aromatic heterocycles. The number of hydrogen-bond donors (Lipinski definition) is 2. The Bertz CT molecular complexity index is 374. The predicted molar refractivity (Wildman–Crippen MR) is 69.0 cm³/mol. The molecule has 1 aromatic carbocycles. The van der Waals surface area contributed by atoms with Crippen LogP contribution in [0.1, 0.15) is 31.4 Å². The highest BCUT2D eigenvalue weighted by Crippen LogP contribution is 2.53. The molecule has 2 rings (SSSR count). The molecule has 1 aliphatic carbocycles. The smallest absolute Gasteiger partial charge is 0.0869 e. The molecule has 1 aromatic rings. The van der Waals surface area contributed by atoms with Gasteiger partial charge in [0.15, 0.2) is 0 Å². The number of benzene rings is 1. The lowest BCUT2D eigenvalue weighted by Gasteiger charge is -2.49. The van der Waals surface area contributed by atoms with Crippen LogP contribution < -0.4 is 5.73 Å². The third-order valence-corrected chi connectivity index (χ3v) is 4.42. The van der Waals surface area contributed by atoms with Crippen LogP contribution in [-0.4, -0.2) is 11.7 Å². The Kier molecular flexibility index (Phi) is 3.38. The Morgan fingerprint density at radius 2 is 2.12 bits per heavy atom. The van der Waals surface area contributed by atoms with Gasteiger partial charge < -0.3 is 10.8 Å².